The molecule has 0 saturated heterocycles. The number of nitro benzene ring substituents is 2. The highest BCUT2D eigenvalue weighted by molar-refractivity contribution is 7.15. The molecule has 0 aliphatic rings. The van der Waals surface area contributed by atoms with Gasteiger partial charge in [0.2, 0.25) is 0 Å². The van der Waals surface area contributed by atoms with Gasteiger partial charge in [-0.2, -0.15) is 0 Å². The van der Waals surface area contributed by atoms with E-state index in [0.29, 0.717) is 0 Å². The van der Waals surface area contributed by atoms with E-state index in [1.807, 2.05) is 0 Å². The summed E-state index contributed by atoms with van der Waals surface area (Å²) < 4.78 is 7.00. The fourth-order valence-electron chi connectivity index (χ4n) is 1.09. The summed E-state index contributed by atoms with van der Waals surface area (Å²) in [6.45, 7) is 0. The molecule has 0 N–H and O–H groups in total. The van der Waals surface area contributed by atoms with Gasteiger partial charge >= 0.3 is 0 Å². The quantitative estimate of drug-likeness (QED) is 0.435. The van der Waals surface area contributed by atoms with Gasteiger partial charge in [0.15, 0.2) is 0 Å². The summed E-state index contributed by atoms with van der Waals surface area (Å²) >= 11 is 0. The second kappa shape index (κ2) is 4.11. The maximum atomic E-state index is 10.6. The summed E-state index contributed by atoms with van der Waals surface area (Å²) in [5.74, 6) is 0. The van der Waals surface area contributed by atoms with Crippen molar-refractivity contribution in [2.45, 2.75) is 6.16 Å². The second-order valence-electron chi connectivity index (χ2n) is 2.47. The van der Waals surface area contributed by atoms with Crippen LogP contribution in [0, 0.1) is 20.2 Å². The Morgan fingerprint density at radius 1 is 1.29 bits per heavy atom. The summed E-state index contributed by atoms with van der Waals surface area (Å²) in [6.07, 6.45) is 0.0352. The van der Waals surface area contributed by atoms with Crippen LogP contribution < -0.4 is 0 Å². The summed E-state index contributed by atoms with van der Waals surface area (Å²) in [4.78, 5) is 19.9. The lowest BCUT2D eigenvalue weighted by Crippen LogP contribution is -1.98. The molecule has 0 radical (unpaired) electrons. The first kappa shape index (κ1) is 9.02. The average Bonchev–Trinajstić information content (AvgIpc) is 2.17. The number of hydrogen-bond donors (Lipinski definition) is 0. The molecule has 74 valence electrons. The Bertz CT molecular complexity index is 380. The monoisotopic (exact) mass is 215 g/mol. The summed E-state index contributed by atoms with van der Waals surface area (Å²) in [5, 5.41) is 21.2. The average molecular weight is 215 g/mol. The van der Waals surface area contributed by atoms with E-state index in [2.05, 4.69) is 0 Å². The van der Waals surface area contributed by atoms with Crippen LogP contribution in [0.15, 0.2) is 18.2 Å². The van der Waals surface area contributed by atoms with Crippen LogP contribution in [0.25, 0.3) is 0 Å². The van der Waals surface area contributed by atoms with Crippen LogP contribution in [0.3, 0.4) is 0 Å². The van der Waals surface area contributed by atoms with Crippen LogP contribution in [-0.4, -0.2) is 11.1 Å². The Labute approximate surface area is 82.7 Å². The first-order chi connectivity index (χ1) is 7.07. The topological polar surface area (TPSA) is 86.3 Å². The molecule has 1 aromatic carbocycles. The molecule has 1 rings (SSSR count). The van der Waals surface area contributed by atoms with Crippen molar-refractivity contribution < 1.29 is 9.85 Å². The Balaban J connectivity index is 3.34. The molecular formula is C7H7N2O4P. The first-order valence-corrected chi connectivity index (χ1v) is 4.34. The van der Waals surface area contributed by atoms with Gasteiger partial charge in [0, 0.05) is 18.3 Å². The van der Waals surface area contributed by atoms with Gasteiger partial charge in [-0.25, -0.2) is 0 Å². The van der Waals surface area contributed by atoms with Crippen molar-refractivity contribution in [1.29, 1.82) is 1.28 Å². The molecular weight excluding hydrogens is 207 g/mol. The summed E-state index contributed by atoms with van der Waals surface area (Å²) in [6, 6.07) is 3.69. The van der Waals surface area contributed by atoms with Crippen molar-refractivity contribution in [2.24, 2.45) is 0 Å². The predicted molar refractivity (Wildman–Crippen MR) is 53.2 cm³/mol. The lowest BCUT2D eigenvalue weighted by Gasteiger charge is -1.99. The van der Waals surface area contributed by atoms with Crippen LogP contribution in [-0.2, 0) is 6.16 Å². The van der Waals surface area contributed by atoms with E-state index in [1.54, 1.807) is 0 Å². The molecule has 0 amide bonds. The maximum absolute atomic E-state index is 10.6. The molecule has 0 bridgehead atoms. The Kier molecular flexibility index (Phi) is 2.65. The maximum Gasteiger partial charge on any atom is 0.279 e. The van der Waals surface area contributed by atoms with Crippen LogP contribution in [0.2, 0.25) is 0 Å². The molecule has 1 unspecified atom stereocenters. The minimum absolute atomic E-state index is 0.0285. The van der Waals surface area contributed by atoms with Crippen molar-refractivity contribution >= 4 is 20.6 Å². The molecule has 6 nitrogen and oxygen atoms in total. The van der Waals surface area contributed by atoms with E-state index < -0.39 is 9.85 Å². The van der Waals surface area contributed by atoms with Crippen molar-refractivity contribution in [3.05, 3.63) is 44.0 Å². The number of hydrogen-bond acceptors (Lipinski definition) is 4. The third-order valence-electron chi connectivity index (χ3n) is 1.70. The molecule has 1 atom stereocenters. The van der Waals surface area contributed by atoms with E-state index in [4.69, 9.17) is 1.28 Å². The molecule has 14 heavy (non-hydrogen) atoms. The fraction of sp³-hybridized carbons (Fsp3) is 0.143. The summed E-state index contributed by atoms with van der Waals surface area (Å²) in [7, 11) is -0.345. The van der Waals surface area contributed by atoms with Gasteiger partial charge in [0.1, 0.15) is 5.56 Å². The molecule has 0 spiro atoms. The van der Waals surface area contributed by atoms with Crippen molar-refractivity contribution in [3.63, 3.8) is 0 Å². The van der Waals surface area contributed by atoms with Crippen LogP contribution in [0.4, 0.5) is 11.4 Å². The zero-order valence-corrected chi connectivity index (χ0v) is 7.97. The lowest BCUT2D eigenvalue weighted by molar-refractivity contribution is -0.395. The number of benzene rings is 1. The largest absolute Gasteiger partial charge is 0.279 e. The summed E-state index contributed by atoms with van der Waals surface area (Å²) in [5.41, 5.74) is -0.547. The van der Waals surface area contributed by atoms with Gasteiger partial charge in [-0.05, 0) is 6.07 Å². The Morgan fingerprint density at radius 3 is 2.14 bits per heavy atom. The molecule has 0 heterocycles. The molecule has 0 fully saturated rings. The highest BCUT2D eigenvalue weighted by Crippen LogP contribution is 2.29. The van der Waals surface area contributed by atoms with Crippen LogP contribution in [0.1, 0.15) is 5.56 Å². The highest BCUT2D eigenvalue weighted by atomic mass is 31.0. The highest BCUT2D eigenvalue weighted by Gasteiger charge is 2.22. The molecule has 0 aliphatic carbocycles. The molecule has 0 saturated carbocycles. The third kappa shape index (κ3) is 1.85. The van der Waals surface area contributed by atoms with Gasteiger partial charge in [0.25, 0.3) is 11.4 Å². The molecule has 0 aromatic heterocycles. The molecule has 0 aliphatic heterocycles. The number of nitrogens with zero attached hydrogens (tertiary/aromatic N) is 2. The van der Waals surface area contributed by atoms with Crippen LogP contribution in [0.5, 0.6) is 0 Å². The SMILES string of the molecule is [2H]PCc1c([N+](=O)[O-])cccc1[N+](=O)[O-]. The van der Waals surface area contributed by atoms with Gasteiger partial charge in [0.05, 0.1) is 11.1 Å². The molecule has 1 aromatic rings. The van der Waals surface area contributed by atoms with E-state index in [1.165, 1.54) is 18.2 Å². The minimum atomic E-state index is -0.664. The van der Waals surface area contributed by atoms with Gasteiger partial charge in [-0.1, -0.05) is 0 Å². The Hall–Kier alpha value is -1.55. The van der Waals surface area contributed by atoms with Crippen molar-refractivity contribution in [3.8, 4) is 0 Å². The van der Waals surface area contributed by atoms with Gasteiger partial charge < -0.3 is 0 Å². The predicted octanol–water partition coefficient (Wildman–Crippen LogP) is 1.88. The normalized spacial score (nSPS) is 11.6. The van der Waals surface area contributed by atoms with Crippen molar-refractivity contribution in [2.75, 3.05) is 0 Å². The third-order valence-corrected chi connectivity index (χ3v) is 2.05. The fourth-order valence-corrected chi connectivity index (χ4v) is 1.45. The van der Waals surface area contributed by atoms with E-state index in [0.717, 1.165) is 0 Å². The van der Waals surface area contributed by atoms with Crippen LogP contribution >= 0.6 is 9.18 Å². The van der Waals surface area contributed by atoms with Gasteiger partial charge in [-0.15, -0.1) is 9.18 Å². The number of rotatable bonds is 4. The zero-order valence-electron chi connectivity index (χ0n) is 7.97. The van der Waals surface area contributed by atoms with E-state index in [9.17, 15) is 20.2 Å². The van der Waals surface area contributed by atoms with Crippen molar-refractivity contribution in [1.82, 2.24) is 0 Å². The first-order valence-electron chi connectivity index (χ1n) is 4.13. The van der Waals surface area contributed by atoms with Gasteiger partial charge in [-0.3, -0.25) is 20.2 Å². The smallest absolute Gasteiger partial charge is 0.258 e. The minimum Gasteiger partial charge on any atom is -0.258 e. The zero-order chi connectivity index (χ0) is 11.4. The number of nitro groups is 2. The second-order valence-corrected chi connectivity index (χ2v) is 2.82. The van der Waals surface area contributed by atoms with E-state index in [-0.39, 0.29) is 32.3 Å². The standard InChI is InChI=1S/C7H7N2O4P/c10-8(11)6-2-1-3-7(9(12)13)5(6)4-14/h1-3H,4,14H2/i14D. The van der Waals surface area contributed by atoms with E-state index >= 15 is 0 Å². The molecule has 7 heteroatoms. The lowest BCUT2D eigenvalue weighted by atomic mass is 10.1. The Morgan fingerprint density at radius 2 is 1.79 bits per heavy atom.